The molecule has 0 bridgehead atoms. The molecular formula is C37H53NO5. The maximum atomic E-state index is 13.0. The second kappa shape index (κ2) is 16.4. The number of hydrogen-bond donors (Lipinski definition) is 0. The number of carbonyl (C=O) groups is 1. The van der Waals surface area contributed by atoms with Crippen LogP contribution in [-0.2, 0) is 9.53 Å². The highest BCUT2D eigenvalue weighted by Gasteiger charge is 2.47. The lowest BCUT2D eigenvalue weighted by atomic mass is 9.61. The third-order valence-electron chi connectivity index (χ3n) is 8.04. The van der Waals surface area contributed by atoms with E-state index in [9.17, 15) is 10.1 Å². The Bertz CT molecular complexity index is 1230. The zero-order valence-corrected chi connectivity index (χ0v) is 28.0. The number of esters is 1. The van der Waals surface area contributed by atoms with Crippen LogP contribution >= 0.6 is 0 Å². The van der Waals surface area contributed by atoms with Gasteiger partial charge in [-0.3, -0.25) is 4.79 Å². The summed E-state index contributed by atoms with van der Waals surface area (Å²) in [6.07, 6.45) is 8.96. The van der Waals surface area contributed by atoms with Crippen molar-refractivity contribution in [2.24, 2.45) is 16.2 Å². The molecule has 1 unspecified atom stereocenters. The molecule has 2 aromatic rings. The van der Waals surface area contributed by atoms with Crippen molar-refractivity contribution < 1.29 is 23.7 Å². The van der Waals surface area contributed by atoms with Crippen molar-refractivity contribution >= 4 is 17.6 Å². The van der Waals surface area contributed by atoms with Crippen LogP contribution < -0.4 is 14.2 Å². The average Bonchev–Trinajstić information content (AvgIpc) is 2.95. The summed E-state index contributed by atoms with van der Waals surface area (Å²) >= 11 is 0. The smallest absolute Gasteiger partial charge is 0.312 e. The Morgan fingerprint density at radius 1 is 0.791 bits per heavy atom. The fourth-order valence-corrected chi connectivity index (χ4v) is 5.14. The number of benzene rings is 2. The molecule has 0 N–H and O–H groups in total. The van der Waals surface area contributed by atoms with Crippen molar-refractivity contribution in [2.75, 3.05) is 27.4 Å². The fraction of sp³-hybridized carbons (Fsp3) is 0.568. The van der Waals surface area contributed by atoms with Gasteiger partial charge in [-0.15, -0.1) is 0 Å². The summed E-state index contributed by atoms with van der Waals surface area (Å²) in [4.78, 5) is 13.0. The highest BCUT2D eigenvalue weighted by Crippen LogP contribution is 2.47. The van der Waals surface area contributed by atoms with Crippen molar-refractivity contribution in [2.45, 2.75) is 93.4 Å². The molecule has 0 heterocycles. The molecule has 0 aliphatic rings. The molecule has 0 amide bonds. The van der Waals surface area contributed by atoms with Crippen molar-refractivity contribution in [1.82, 2.24) is 0 Å². The molecule has 0 saturated carbocycles. The number of unbranched alkanes of at least 4 members (excludes halogenated alkanes) is 5. The lowest BCUT2D eigenvalue weighted by Gasteiger charge is -2.43. The van der Waals surface area contributed by atoms with Crippen molar-refractivity contribution in [3.8, 4) is 23.3 Å². The van der Waals surface area contributed by atoms with E-state index < -0.39 is 5.41 Å². The van der Waals surface area contributed by atoms with Crippen LogP contribution in [0.3, 0.4) is 0 Å². The third-order valence-corrected chi connectivity index (χ3v) is 8.04. The van der Waals surface area contributed by atoms with Crippen molar-refractivity contribution in [3.63, 3.8) is 0 Å². The maximum Gasteiger partial charge on any atom is 0.312 e. The van der Waals surface area contributed by atoms with E-state index in [-0.39, 0.29) is 16.8 Å². The Kier molecular flexibility index (Phi) is 13.6. The molecule has 6 heteroatoms. The Balaban J connectivity index is 1.69. The molecule has 0 aliphatic carbocycles. The van der Waals surface area contributed by atoms with Crippen LogP contribution in [0.5, 0.6) is 17.2 Å². The number of nitrogens with zero attached hydrogens (tertiary/aromatic N) is 1. The van der Waals surface area contributed by atoms with Gasteiger partial charge in [-0.2, -0.15) is 5.26 Å². The normalized spacial score (nSPS) is 13.5. The molecule has 0 radical (unpaired) electrons. The summed E-state index contributed by atoms with van der Waals surface area (Å²) in [6, 6.07) is 15.5. The minimum Gasteiger partial charge on any atom is -0.494 e. The van der Waals surface area contributed by atoms with Crippen LogP contribution in [0.1, 0.15) is 105 Å². The number of nitriles is 1. The number of hydrogen-bond acceptors (Lipinski definition) is 6. The van der Waals surface area contributed by atoms with E-state index in [2.05, 4.69) is 54.5 Å². The van der Waals surface area contributed by atoms with E-state index >= 15 is 0 Å². The Morgan fingerprint density at radius 3 is 1.91 bits per heavy atom. The van der Waals surface area contributed by atoms with E-state index in [0.29, 0.717) is 30.3 Å². The molecule has 2 rings (SSSR count). The summed E-state index contributed by atoms with van der Waals surface area (Å²) in [5.41, 5.74) is 1.61. The predicted octanol–water partition coefficient (Wildman–Crippen LogP) is 9.52. The van der Waals surface area contributed by atoms with Gasteiger partial charge in [-0.25, -0.2) is 0 Å². The quantitative estimate of drug-likeness (QED) is 0.0837. The minimum absolute atomic E-state index is 0.0570. The molecule has 0 spiro atoms. The Hall–Kier alpha value is -3.46. The Morgan fingerprint density at radius 2 is 1.37 bits per heavy atom. The minimum atomic E-state index is -0.506. The maximum absolute atomic E-state index is 13.0. The standard InChI is InChI=1S/C37H53NO5/c1-35(2,3)27-37(7,36(4,5)6)34(39)43-23-15-13-11-10-12-14-22-42-31-19-16-28(17-20-31)24-30(26-38)29-18-21-32(40-8)33(25-29)41-9/h16-21,24-25H,10-15,22-23,27H2,1-9H3. The first-order valence-electron chi connectivity index (χ1n) is 15.5. The number of allylic oxidation sites excluding steroid dienone is 1. The second-order valence-corrected chi connectivity index (χ2v) is 13.7. The lowest BCUT2D eigenvalue weighted by Crippen LogP contribution is -2.44. The third kappa shape index (κ3) is 11.3. The first-order chi connectivity index (χ1) is 20.2. The number of carbonyl (C=O) groups excluding carboxylic acids is 1. The highest BCUT2D eigenvalue weighted by molar-refractivity contribution is 5.90. The molecule has 6 nitrogen and oxygen atoms in total. The summed E-state index contributed by atoms with van der Waals surface area (Å²) in [5, 5.41) is 9.71. The SMILES string of the molecule is COc1ccc(C(C#N)=Cc2ccc(OCCCCCCCCOC(=O)C(C)(CC(C)(C)C)C(C)(C)C)cc2)cc1OC. The average molecular weight is 592 g/mol. The molecular weight excluding hydrogens is 538 g/mol. The van der Waals surface area contributed by atoms with Crippen LogP contribution in [0, 0.1) is 27.6 Å². The van der Waals surface area contributed by atoms with Crippen LogP contribution in [0.15, 0.2) is 42.5 Å². The van der Waals surface area contributed by atoms with Gasteiger partial charge in [-0.05, 0) is 84.6 Å². The first kappa shape index (κ1) is 35.7. The molecule has 2 aromatic carbocycles. The van der Waals surface area contributed by atoms with Crippen LogP contribution in [0.4, 0.5) is 0 Å². The van der Waals surface area contributed by atoms with Gasteiger partial charge in [0, 0.05) is 0 Å². The summed E-state index contributed by atoms with van der Waals surface area (Å²) in [7, 11) is 3.16. The van der Waals surface area contributed by atoms with E-state index in [1.54, 1.807) is 26.4 Å². The van der Waals surface area contributed by atoms with Gasteiger partial charge in [0.2, 0.25) is 0 Å². The molecule has 236 valence electrons. The van der Waals surface area contributed by atoms with Gasteiger partial charge in [0.15, 0.2) is 11.5 Å². The van der Waals surface area contributed by atoms with Gasteiger partial charge >= 0.3 is 5.97 Å². The van der Waals surface area contributed by atoms with Crippen LogP contribution in [0.25, 0.3) is 11.6 Å². The lowest BCUT2D eigenvalue weighted by molar-refractivity contribution is -0.164. The molecule has 0 fully saturated rings. The number of rotatable bonds is 16. The van der Waals surface area contributed by atoms with Gasteiger partial charge in [0.25, 0.3) is 0 Å². The number of ether oxygens (including phenoxy) is 4. The van der Waals surface area contributed by atoms with E-state index in [1.165, 1.54) is 0 Å². The topological polar surface area (TPSA) is 77.8 Å². The van der Waals surface area contributed by atoms with Crippen LogP contribution in [-0.4, -0.2) is 33.4 Å². The molecule has 0 aliphatic heterocycles. The Labute approximate surface area is 260 Å². The van der Waals surface area contributed by atoms with Gasteiger partial charge in [0.05, 0.1) is 44.5 Å². The zero-order chi connectivity index (χ0) is 32.1. The monoisotopic (exact) mass is 591 g/mol. The summed E-state index contributed by atoms with van der Waals surface area (Å²) < 4.78 is 22.3. The fourth-order valence-electron chi connectivity index (χ4n) is 5.14. The zero-order valence-electron chi connectivity index (χ0n) is 28.0. The second-order valence-electron chi connectivity index (χ2n) is 13.7. The van der Waals surface area contributed by atoms with E-state index in [1.807, 2.05) is 36.4 Å². The molecule has 1 atom stereocenters. The molecule has 43 heavy (non-hydrogen) atoms. The largest absolute Gasteiger partial charge is 0.494 e. The predicted molar refractivity (Wildman–Crippen MR) is 175 cm³/mol. The van der Waals surface area contributed by atoms with Gasteiger partial charge in [-0.1, -0.05) is 79.4 Å². The first-order valence-corrected chi connectivity index (χ1v) is 15.5. The highest BCUT2D eigenvalue weighted by atomic mass is 16.5. The summed E-state index contributed by atoms with van der Waals surface area (Å²) in [5.74, 6) is 1.96. The van der Waals surface area contributed by atoms with Crippen molar-refractivity contribution in [1.29, 1.82) is 5.26 Å². The van der Waals surface area contributed by atoms with E-state index in [4.69, 9.17) is 18.9 Å². The van der Waals surface area contributed by atoms with Gasteiger partial charge < -0.3 is 18.9 Å². The molecule has 0 saturated heterocycles. The summed E-state index contributed by atoms with van der Waals surface area (Å²) in [6.45, 7) is 16.1. The van der Waals surface area contributed by atoms with Crippen molar-refractivity contribution in [3.05, 3.63) is 53.6 Å². The van der Waals surface area contributed by atoms with Gasteiger partial charge in [0.1, 0.15) is 5.75 Å². The number of methoxy groups -OCH3 is 2. The van der Waals surface area contributed by atoms with E-state index in [0.717, 1.165) is 61.8 Å². The molecule has 0 aromatic heterocycles. The van der Waals surface area contributed by atoms with Crippen LogP contribution in [0.2, 0.25) is 0 Å².